The molecule has 1 N–H and O–H groups in total. The summed E-state index contributed by atoms with van der Waals surface area (Å²) < 4.78 is 42.8. The van der Waals surface area contributed by atoms with Crippen molar-refractivity contribution in [3.8, 4) is 5.75 Å². The third-order valence-electron chi connectivity index (χ3n) is 4.17. The Morgan fingerprint density at radius 1 is 1.29 bits per heavy atom. The lowest BCUT2D eigenvalue weighted by Gasteiger charge is -2.18. The fourth-order valence-electron chi connectivity index (χ4n) is 3.04. The Labute approximate surface area is 136 Å². The lowest BCUT2D eigenvalue weighted by atomic mass is 10.1. The summed E-state index contributed by atoms with van der Waals surface area (Å²) >= 11 is 0. The molecule has 0 spiro atoms. The van der Waals surface area contributed by atoms with Crippen molar-refractivity contribution in [2.45, 2.75) is 25.1 Å². The van der Waals surface area contributed by atoms with Gasteiger partial charge in [-0.15, -0.1) is 0 Å². The molecule has 0 aromatic heterocycles. The summed E-state index contributed by atoms with van der Waals surface area (Å²) in [5.41, 5.74) is 1.06. The number of carbonyl (C=O) groups is 2. The van der Waals surface area contributed by atoms with Gasteiger partial charge in [0.05, 0.1) is 12.5 Å². The predicted octanol–water partition coefficient (Wildman–Crippen LogP) is 1.52. The van der Waals surface area contributed by atoms with Crippen LogP contribution in [0, 0.1) is 5.92 Å². The van der Waals surface area contributed by atoms with Gasteiger partial charge in [-0.25, -0.2) is 0 Å². The fraction of sp³-hybridized carbons (Fsp3) is 0.500. The molecule has 24 heavy (non-hydrogen) atoms. The third-order valence-corrected chi connectivity index (χ3v) is 4.17. The molecule has 1 fully saturated rings. The molecule has 5 nitrogen and oxygen atoms in total. The number of hydrogen-bond donors (Lipinski definition) is 1. The molecule has 1 saturated heterocycles. The van der Waals surface area contributed by atoms with Crippen molar-refractivity contribution < 1.29 is 27.5 Å². The molecular formula is C16H17F3N2O3. The van der Waals surface area contributed by atoms with E-state index in [0.717, 1.165) is 11.3 Å². The molecule has 0 aliphatic carbocycles. The molecule has 0 saturated carbocycles. The summed E-state index contributed by atoms with van der Waals surface area (Å²) in [6.07, 6.45) is -4.17. The lowest BCUT2D eigenvalue weighted by Crippen LogP contribution is -2.40. The van der Waals surface area contributed by atoms with E-state index in [4.69, 9.17) is 4.74 Å². The van der Waals surface area contributed by atoms with E-state index in [1.54, 1.807) is 0 Å². The summed E-state index contributed by atoms with van der Waals surface area (Å²) in [7, 11) is 0. The van der Waals surface area contributed by atoms with E-state index in [0.29, 0.717) is 11.3 Å². The topological polar surface area (TPSA) is 58.6 Å². The molecule has 0 radical (unpaired) electrons. The third kappa shape index (κ3) is 3.80. The van der Waals surface area contributed by atoms with Crippen LogP contribution < -0.4 is 10.1 Å². The molecule has 2 amide bonds. The molecule has 3 rings (SSSR count). The summed E-state index contributed by atoms with van der Waals surface area (Å²) in [5, 5.41) is 2.68. The van der Waals surface area contributed by atoms with E-state index < -0.39 is 30.5 Å². The first-order chi connectivity index (χ1) is 11.3. The zero-order valence-corrected chi connectivity index (χ0v) is 12.8. The summed E-state index contributed by atoms with van der Waals surface area (Å²) in [6.45, 7) is -1.25. The Morgan fingerprint density at radius 2 is 2.04 bits per heavy atom. The lowest BCUT2D eigenvalue weighted by molar-refractivity contribution is -0.157. The maximum atomic E-state index is 12.4. The van der Waals surface area contributed by atoms with Gasteiger partial charge >= 0.3 is 6.18 Å². The Morgan fingerprint density at radius 3 is 2.75 bits per heavy atom. The van der Waals surface area contributed by atoms with Crippen molar-refractivity contribution in [3.05, 3.63) is 29.8 Å². The smallest absolute Gasteiger partial charge is 0.406 e. The van der Waals surface area contributed by atoms with Crippen molar-refractivity contribution in [3.63, 3.8) is 0 Å². The second-order valence-electron chi connectivity index (χ2n) is 6.09. The fourth-order valence-corrected chi connectivity index (χ4v) is 3.04. The first-order valence-electron chi connectivity index (χ1n) is 7.68. The zero-order valence-electron chi connectivity index (χ0n) is 12.8. The van der Waals surface area contributed by atoms with E-state index in [2.05, 4.69) is 5.32 Å². The van der Waals surface area contributed by atoms with Crippen molar-refractivity contribution in [1.82, 2.24) is 10.2 Å². The maximum Gasteiger partial charge on any atom is 0.406 e. The average molecular weight is 342 g/mol. The van der Waals surface area contributed by atoms with Gasteiger partial charge in [0.15, 0.2) is 0 Å². The minimum Gasteiger partial charge on any atom is -0.488 e. The van der Waals surface area contributed by atoms with Crippen molar-refractivity contribution in [2.24, 2.45) is 5.92 Å². The minimum absolute atomic E-state index is 0.187. The van der Waals surface area contributed by atoms with Crippen LogP contribution in [0.15, 0.2) is 24.3 Å². The number of amides is 2. The number of benzene rings is 1. The van der Waals surface area contributed by atoms with Crippen molar-refractivity contribution in [1.29, 1.82) is 0 Å². The van der Waals surface area contributed by atoms with Crippen LogP contribution in [-0.4, -0.2) is 48.6 Å². The summed E-state index contributed by atoms with van der Waals surface area (Å²) in [4.78, 5) is 24.4. The number of rotatable bonds is 4. The standard InChI is InChI=1S/C16H17F3N2O3/c17-16(18,19)9-21-8-11(6-14(21)22)15(23)20-7-12-5-10-3-1-2-4-13(10)24-12/h1-4,11-12H,5-9H2,(H,20,23)/t11-,12+/m1/s1. The molecule has 0 bridgehead atoms. The predicted molar refractivity (Wildman–Crippen MR) is 78.3 cm³/mol. The highest BCUT2D eigenvalue weighted by Gasteiger charge is 2.40. The molecule has 0 unspecified atom stereocenters. The van der Waals surface area contributed by atoms with Crippen LogP contribution in [0.25, 0.3) is 0 Å². The largest absolute Gasteiger partial charge is 0.488 e. The zero-order chi connectivity index (χ0) is 17.3. The van der Waals surface area contributed by atoms with Crippen LogP contribution in [0.5, 0.6) is 5.75 Å². The Bertz CT molecular complexity index is 623. The number of para-hydroxylation sites is 1. The molecule has 130 valence electrons. The Balaban J connectivity index is 1.47. The van der Waals surface area contributed by atoms with Gasteiger partial charge in [-0.05, 0) is 11.6 Å². The first-order valence-corrected chi connectivity index (χ1v) is 7.68. The number of nitrogens with zero attached hydrogens (tertiary/aromatic N) is 1. The van der Waals surface area contributed by atoms with E-state index in [9.17, 15) is 22.8 Å². The van der Waals surface area contributed by atoms with Gasteiger partial charge in [0, 0.05) is 19.4 Å². The van der Waals surface area contributed by atoms with Gasteiger partial charge in [0.25, 0.3) is 0 Å². The highest BCUT2D eigenvalue weighted by Crippen LogP contribution is 2.28. The number of likely N-dealkylation sites (tertiary alicyclic amines) is 1. The number of halogens is 3. The van der Waals surface area contributed by atoms with E-state index in [1.165, 1.54) is 0 Å². The molecule has 2 heterocycles. The van der Waals surface area contributed by atoms with E-state index >= 15 is 0 Å². The molecule has 1 aromatic rings. The highest BCUT2D eigenvalue weighted by atomic mass is 19.4. The van der Waals surface area contributed by atoms with Crippen LogP contribution in [-0.2, 0) is 16.0 Å². The van der Waals surface area contributed by atoms with Gasteiger partial charge in [0.1, 0.15) is 18.4 Å². The van der Waals surface area contributed by atoms with Crippen LogP contribution in [0.1, 0.15) is 12.0 Å². The van der Waals surface area contributed by atoms with Crippen LogP contribution in [0.3, 0.4) is 0 Å². The molecule has 2 aliphatic heterocycles. The van der Waals surface area contributed by atoms with Gasteiger partial charge in [-0.3, -0.25) is 9.59 Å². The SMILES string of the molecule is O=C(NC[C@@H]1Cc2ccccc2O1)[C@@H]1CC(=O)N(CC(F)(F)F)C1. The van der Waals surface area contributed by atoms with Crippen LogP contribution in [0.2, 0.25) is 0 Å². The highest BCUT2D eigenvalue weighted by molar-refractivity contribution is 5.89. The number of nitrogens with one attached hydrogen (secondary N) is 1. The number of ether oxygens (including phenoxy) is 1. The molecule has 1 aromatic carbocycles. The summed E-state index contributed by atoms with van der Waals surface area (Å²) in [5.74, 6) is -1.02. The van der Waals surface area contributed by atoms with Gasteiger partial charge in [-0.2, -0.15) is 13.2 Å². The minimum atomic E-state index is -4.45. The van der Waals surface area contributed by atoms with Gasteiger partial charge in [0.2, 0.25) is 11.8 Å². The van der Waals surface area contributed by atoms with Crippen molar-refractivity contribution >= 4 is 11.8 Å². The molecular weight excluding hydrogens is 325 g/mol. The van der Waals surface area contributed by atoms with Gasteiger partial charge in [-0.1, -0.05) is 18.2 Å². The van der Waals surface area contributed by atoms with Gasteiger partial charge < -0.3 is 15.0 Å². The van der Waals surface area contributed by atoms with E-state index in [1.807, 2.05) is 24.3 Å². The second-order valence-corrected chi connectivity index (χ2v) is 6.09. The normalized spacial score (nSPS) is 23.1. The van der Waals surface area contributed by atoms with Crippen LogP contribution >= 0.6 is 0 Å². The Kier molecular flexibility index (Phi) is 4.38. The molecule has 2 aliphatic rings. The first kappa shape index (κ1) is 16.6. The number of alkyl halides is 3. The monoisotopic (exact) mass is 342 g/mol. The Hall–Kier alpha value is -2.25. The molecule has 8 heteroatoms. The number of carbonyl (C=O) groups excluding carboxylic acids is 2. The number of fused-ring (bicyclic) bond motifs is 1. The second kappa shape index (κ2) is 6.33. The maximum absolute atomic E-state index is 12.4. The van der Waals surface area contributed by atoms with Crippen molar-refractivity contribution in [2.75, 3.05) is 19.6 Å². The average Bonchev–Trinajstić information content (AvgIpc) is 3.07. The quantitative estimate of drug-likeness (QED) is 0.903. The summed E-state index contributed by atoms with van der Waals surface area (Å²) in [6, 6.07) is 7.56. The number of hydrogen-bond acceptors (Lipinski definition) is 3. The molecule has 2 atom stereocenters. The van der Waals surface area contributed by atoms with Crippen LogP contribution in [0.4, 0.5) is 13.2 Å². The van der Waals surface area contributed by atoms with E-state index in [-0.39, 0.29) is 25.6 Å².